The van der Waals surface area contributed by atoms with Crippen LogP contribution in [0.15, 0.2) is 47.4 Å². The predicted octanol–water partition coefficient (Wildman–Crippen LogP) is 3.43. The van der Waals surface area contributed by atoms with Gasteiger partial charge in [0.15, 0.2) is 0 Å². The number of rotatable bonds is 6. The average molecular weight is 401 g/mol. The van der Waals surface area contributed by atoms with Crippen LogP contribution in [0.25, 0.3) is 0 Å². The summed E-state index contributed by atoms with van der Waals surface area (Å²) in [6.45, 7) is 3.66. The van der Waals surface area contributed by atoms with E-state index in [0.717, 1.165) is 37.6 Å². The van der Waals surface area contributed by atoms with Crippen molar-refractivity contribution in [2.45, 2.75) is 11.4 Å². The fraction of sp³-hybridized carbons (Fsp3) is 0.350. The van der Waals surface area contributed by atoms with Crippen LogP contribution in [0.3, 0.4) is 0 Å². The highest BCUT2D eigenvalue weighted by molar-refractivity contribution is 7.98. The van der Waals surface area contributed by atoms with E-state index >= 15 is 0 Å². The van der Waals surface area contributed by atoms with Gasteiger partial charge in [0.2, 0.25) is 0 Å². The van der Waals surface area contributed by atoms with E-state index in [-0.39, 0.29) is 11.6 Å². The minimum absolute atomic E-state index is 0.0402. The summed E-state index contributed by atoms with van der Waals surface area (Å²) in [4.78, 5) is 27.9. The molecule has 3 rings (SSSR count). The number of nitro groups is 1. The van der Waals surface area contributed by atoms with Crippen molar-refractivity contribution in [3.05, 3.63) is 63.7 Å². The van der Waals surface area contributed by atoms with Crippen LogP contribution in [0, 0.1) is 10.1 Å². The topological polar surface area (TPSA) is 75.9 Å². The van der Waals surface area contributed by atoms with Crippen molar-refractivity contribution in [2.75, 3.05) is 44.5 Å². The largest absolute Gasteiger partial charge is 0.378 e. The molecule has 1 aliphatic rings. The van der Waals surface area contributed by atoms with Gasteiger partial charge < -0.3 is 14.5 Å². The summed E-state index contributed by atoms with van der Waals surface area (Å²) in [7, 11) is 1.70. The first kappa shape index (κ1) is 20.2. The maximum absolute atomic E-state index is 12.7. The third-order valence-electron chi connectivity index (χ3n) is 4.70. The molecule has 1 saturated heterocycles. The minimum Gasteiger partial charge on any atom is -0.378 e. The molecule has 0 atom stereocenters. The number of anilines is 1. The lowest BCUT2D eigenvalue weighted by atomic mass is 10.1. The monoisotopic (exact) mass is 401 g/mol. The van der Waals surface area contributed by atoms with Crippen molar-refractivity contribution < 1.29 is 14.5 Å². The number of nitro benzene ring substituents is 1. The van der Waals surface area contributed by atoms with Gasteiger partial charge >= 0.3 is 0 Å². The van der Waals surface area contributed by atoms with Gasteiger partial charge in [-0.1, -0.05) is 12.1 Å². The van der Waals surface area contributed by atoms with Crippen molar-refractivity contribution in [1.82, 2.24) is 4.90 Å². The van der Waals surface area contributed by atoms with Gasteiger partial charge in [0.25, 0.3) is 11.6 Å². The normalized spacial score (nSPS) is 14.0. The Kier molecular flexibility index (Phi) is 6.53. The number of hydrogen-bond donors (Lipinski definition) is 0. The standard InChI is InChI=1S/C20H23N3O4S/c1-21(20(24)16-5-8-19(28-2)18(13-16)23(25)26)14-15-3-6-17(7-4-15)22-9-11-27-12-10-22/h3-8,13H,9-12,14H2,1-2H3. The van der Waals surface area contributed by atoms with Crippen LogP contribution in [0.4, 0.5) is 11.4 Å². The number of morpholine rings is 1. The number of benzene rings is 2. The molecular formula is C20H23N3O4S. The smallest absolute Gasteiger partial charge is 0.283 e. The van der Waals surface area contributed by atoms with Gasteiger partial charge in [-0.15, -0.1) is 11.8 Å². The van der Waals surface area contributed by atoms with E-state index in [0.29, 0.717) is 17.0 Å². The van der Waals surface area contributed by atoms with Crippen molar-refractivity contribution in [3.63, 3.8) is 0 Å². The second-order valence-electron chi connectivity index (χ2n) is 6.57. The van der Waals surface area contributed by atoms with Crippen LogP contribution in [0.1, 0.15) is 15.9 Å². The summed E-state index contributed by atoms with van der Waals surface area (Å²) in [5, 5.41) is 11.2. The molecule has 0 radical (unpaired) electrons. The molecule has 0 bridgehead atoms. The van der Waals surface area contributed by atoms with Gasteiger partial charge in [-0.3, -0.25) is 14.9 Å². The van der Waals surface area contributed by atoms with Crippen LogP contribution in [-0.2, 0) is 11.3 Å². The molecule has 28 heavy (non-hydrogen) atoms. The zero-order valence-electron chi connectivity index (χ0n) is 16.0. The number of thioether (sulfide) groups is 1. The number of hydrogen-bond acceptors (Lipinski definition) is 6. The number of carbonyl (C=O) groups is 1. The molecule has 1 aliphatic heterocycles. The van der Waals surface area contributed by atoms with Crippen LogP contribution >= 0.6 is 11.8 Å². The zero-order valence-corrected chi connectivity index (χ0v) is 16.8. The molecule has 0 aliphatic carbocycles. The molecular weight excluding hydrogens is 378 g/mol. The van der Waals surface area contributed by atoms with Crippen molar-refractivity contribution in [2.24, 2.45) is 0 Å². The Bertz CT molecular complexity index is 851. The maximum atomic E-state index is 12.7. The average Bonchev–Trinajstić information content (AvgIpc) is 2.73. The highest BCUT2D eigenvalue weighted by atomic mass is 32.2. The van der Waals surface area contributed by atoms with E-state index in [1.165, 1.54) is 17.8 Å². The summed E-state index contributed by atoms with van der Waals surface area (Å²) in [6.07, 6.45) is 1.77. The summed E-state index contributed by atoms with van der Waals surface area (Å²) >= 11 is 1.29. The van der Waals surface area contributed by atoms with Gasteiger partial charge in [0.05, 0.1) is 23.0 Å². The highest BCUT2D eigenvalue weighted by Crippen LogP contribution is 2.28. The molecule has 7 nitrogen and oxygen atoms in total. The van der Waals surface area contributed by atoms with Crippen molar-refractivity contribution in [3.8, 4) is 0 Å². The summed E-state index contributed by atoms with van der Waals surface area (Å²) < 4.78 is 5.37. The summed E-state index contributed by atoms with van der Waals surface area (Å²) in [5.41, 5.74) is 2.42. The summed E-state index contributed by atoms with van der Waals surface area (Å²) in [5.74, 6) is -0.243. The third-order valence-corrected chi connectivity index (χ3v) is 5.49. The molecule has 148 valence electrons. The SMILES string of the molecule is CSc1ccc(C(=O)N(C)Cc2ccc(N3CCOCC3)cc2)cc1[N+](=O)[O-]. The molecule has 0 N–H and O–H groups in total. The Hall–Kier alpha value is -2.58. The third kappa shape index (κ3) is 4.63. The molecule has 0 aromatic heterocycles. The Labute approximate surface area is 168 Å². The summed E-state index contributed by atoms with van der Waals surface area (Å²) in [6, 6.07) is 12.7. The molecule has 0 saturated carbocycles. The second kappa shape index (κ2) is 9.07. The molecule has 0 spiro atoms. The van der Waals surface area contributed by atoms with Crippen LogP contribution in [0.2, 0.25) is 0 Å². The van der Waals surface area contributed by atoms with Gasteiger partial charge in [0, 0.05) is 44.0 Å². The number of amides is 1. The maximum Gasteiger partial charge on any atom is 0.283 e. The minimum atomic E-state index is -0.451. The molecule has 2 aromatic carbocycles. The lowest BCUT2D eigenvalue weighted by Crippen LogP contribution is -2.36. The van der Waals surface area contributed by atoms with Gasteiger partial charge in [-0.05, 0) is 36.1 Å². The van der Waals surface area contributed by atoms with Crippen LogP contribution < -0.4 is 4.90 Å². The Morgan fingerprint density at radius 1 is 1.21 bits per heavy atom. The lowest BCUT2D eigenvalue weighted by Gasteiger charge is -2.29. The van der Waals surface area contributed by atoms with Crippen molar-refractivity contribution in [1.29, 1.82) is 0 Å². The first-order chi connectivity index (χ1) is 13.5. The van der Waals surface area contributed by atoms with Crippen LogP contribution in [-0.4, -0.2) is 55.3 Å². The quantitative estimate of drug-likeness (QED) is 0.419. The number of nitrogens with zero attached hydrogens (tertiary/aromatic N) is 3. The van der Waals surface area contributed by atoms with Gasteiger partial charge in [0.1, 0.15) is 0 Å². The lowest BCUT2D eigenvalue weighted by molar-refractivity contribution is -0.387. The molecule has 1 heterocycles. The van der Waals surface area contributed by atoms with Gasteiger partial charge in [-0.25, -0.2) is 0 Å². The van der Waals surface area contributed by atoms with E-state index in [1.807, 2.05) is 12.1 Å². The fourth-order valence-corrected chi connectivity index (χ4v) is 3.71. The first-order valence-electron chi connectivity index (χ1n) is 8.99. The van der Waals surface area contributed by atoms with Crippen LogP contribution in [0.5, 0.6) is 0 Å². The first-order valence-corrected chi connectivity index (χ1v) is 10.2. The van der Waals surface area contributed by atoms with Gasteiger partial charge in [-0.2, -0.15) is 0 Å². The second-order valence-corrected chi connectivity index (χ2v) is 7.42. The van der Waals surface area contributed by atoms with E-state index in [4.69, 9.17) is 4.74 Å². The Morgan fingerprint density at radius 3 is 2.50 bits per heavy atom. The Balaban J connectivity index is 1.68. The fourth-order valence-electron chi connectivity index (χ4n) is 3.17. The molecule has 1 amide bonds. The molecule has 1 fully saturated rings. The number of carbonyl (C=O) groups excluding carboxylic acids is 1. The highest BCUT2D eigenvalue weighted by Gasteiger charge is 2.19. The van der Waals surface area contributed by atoms with E-state index in [9.17, 15) is 14.9 Å². The predicted molar refractivity (Wildman–Crippen MR) is 110 cm³/mol. The molecule has 0 unspecified atom stereocenters. The van der Waals surface area contributed by atoms with E-state index < -0.39 is 4.92 Å². The molecule has 8 heteroatoms. The van der Waals surface area contributed by atoms with E-state index in [2.05, 4.69) is 17.0 Å². The zero-order chi connectivity index (χ0) is 20.1. The Morgan fingerprint density at radius 2 is 1.89 bits per heavy atom. The molecule has 2 aromatic rings. The number of ether oxygens (including phenoxy) is 1. The van der Waals surface area contributed by atoms with E-state index in [1.54, 1.807) is 30.3 Å². The van der Waals surface area contributed by atoms with Crippen molar-refractivity contribution >= 4 is 29.0 Å².